The number of nitrogens with one attached hydrogen (secondary N) is 1. The van der Waals surface area contributed by atoms with Crippen LogP contribution in [0.4, 0.5) is 18.9 Å². The largest absolute Gasteiger partial charge is 0.508 e. The quantitative estimate of drug-likeness (QED) is 0.787. The topological polar surface area (TPSA) is 38.7 Å². The highest BCUT2D eigenvalue weighted by atomic mass is 35.5. The first kappa shape index (κ1) is 24.1. The van der Waals surface area contributed by atoms with Gasteiger partial charge in [-0.15, -0.1) is 24.8 Å². The Morgan fingerprint density at radius 3 is 2.16 bits per heavy atom. The van der Waals surface area contributed by atoms with Gasteiger partial charge in [0.2, 0.25) is 0 Å². The minimum Gasteiger partial charge on any atom is -0.508 e. The van der Waals surface area contributed by atoms with Crippen molar-refractivity contribution in [2.45, 2.75) is 26.1 Å². The molecule has 1 aromatic rings. The molecule has 0 aromatic heterocycles. The van der Waals surface area contributed by atoms with Crippen molar-refractivity contribution >= 4 is 30.5 Å². The third-order valence-electron chi connectivity index (χ3n) is 4.26. The van der Waals surface area contributed by atoms with Gasteiger partial charge in [-0.05, 0) is 19.9 Å². The van der Waals surface area contributed by atoms with E-state index in [2.05, 4.69) is 5.32 Å². The second kappa shape index (κ2) is 10.3. The summed E-state index contributed by atoms with van der Waals surface area (Å²) in [5.74, 6) is -0.296. The van der Waals surface area contributed by atoms with E-state index in [0.29, 0.717) is 26.2 Å². The molecule has 25 heavy (non-hydrogen) atoms. The van der Waals surface area contributed by atoms with Gasteiger partial charge in [-0.3, -0.25) is 4.90 Å². The second-order valence-electron chi connectivity index (χ2n) is 5.65. The van der Waals surface area contributed by atoms with Gasteiger partial charge in [-0.25, -0.2) is 0 Å². The zero-order valence-corrected chi connectivity index (χ0v) is 16.0. The Labute approximate surface area is 159 Å². The monoisotopic (exact) mass is 403 g/mol. The van der Waals surface area contributed by atoms with Crippen LogP contribution in [0.5, 0.6) is 5.75 Å². The van der Waals surface area contributed by atoms with Crippen molar-refractivity contribution in [2.75, 3.05) is 44.2 Å². The molecular formula is C16H26Cl2F3N3O. The number of rotatable bonds is 5. The molecule has 2 N–H and O–H groups in total. The molecule has 4 nitrogen and oxygen atoms in total. The number of hydrogen-bond donors (Lipinski definition) is 2. The Balaban J connectivity index is 0.00000288. The summed E-state index contributed by atoms with van der Waals surface area (Å²) in [4.78, 5) is 3.36. The van der Waals surface area contributed by atoms with Crippen molar-refractivity contribution in [3.8, 4) is 5.75 Å². The van der Waals surface area contributed by atoms with Crippen LogP contribution in [0.25, 0.3) is 0 Å². The lowest BCUT2D eigenvalue weighted by molar-refractivity contribution is -0.188. The number of phenols is 1. The van der Waals surface area contributed by atoms with E-state index in [1.54, 1.807) is 6.07 Å². The zero-order chi connectivity index (χ0) is 17.0. The minimum atomic E-state index is -4.43. The maximum absolute atomic E-state index is 13.6. The lowest BCUT2D eigenvalue weighted by atomic mass is 10.0. The molecule has 2 rings (SSSR count). The van der Waals surface area contributed by atoms with Gasteiger partial charge in [0, 0.05) is 56.6 Å². The first-order valence-electron chi connectivity index (χ1n) is 7.97. The molecule has 0 amide bonds. The molecule has 1 aliphatic heterocycles. The van der Waals surface area contributed by atoms with Gasteiger partial charge < -0.3 is 15.3 Å². The predicted octanol–water partition coefficient (Wildman–Crippen LogP) is 3.59. The van der Waals surface area contributed by atoms with Crippen LogP contribution in [0.3, 0.4) is 0 Å². The van der Waals surface area contributed by atoms with E-state index in [-0.39, 0.29) is 36.1 Å². The molecule has 146 valence electrons. The van der Waals surface area contributed by atoms with Crippen molar-refractivity contribution < 1.29 is 18.3 Å². The van der Waals surface area contributed by atoms with Gasteiger partial charge in [0.15, 0.2) is 0 Å². The summed E-state index contributed by atoms with van der Waals surface area (Å²) in [7, 11) is 0. The first-order valence-corrected chi connectivity index (χ1v) is 7.97. The fourth-order valence-electron chi connectivity index (χ4n) is 3.07. The number of piperazine rings is 1. The number of halogens is 5. The maximum atomic E-state index is 13.6. The summed E-state index contributed by atoms with van der Waals surface area (Å²) < 4.78 is 40.7. The van der Waals surface area contributed by atoms with Crippen LogP contribution in [-0.2, 0) is 0 Å². The van der Waals surface area contributed by atoms with Crippen molar-refractivity contribution in [1.29, 1.82) is 0 Å². The minimum absolute atomic E-state index is 0. The maximum Gasteiger partial charge on any atom is 0.408 e. The number of hydrogen-bond acceptors (Lipinski definition) is 4. The lowest BCUT2D eigenvalue weighted by Gasteiger charge is -2.36. The zero-order valence-electron chi connectivity index (χ0n) is 14.3. The van der Waals surface area contributed by atoms with E-state index >= 15 is 0 Å². The molecule has 0 spiro atoms. The highest BCUT2D eigenvalue weighted by Crippen LogP contribution is 2.42. The summed E-state index contributed by atoms with van der Waals surface area (Å²) in [5.41, 5.74) is 0.660. The SMILES string of the molecule is CCN(CC)c1ccc([C@H](N2CCNCC2)C(F)(F)F)c(O)c1.Cl.Cl. The summed E-state index contributed by atoms with van der Waals surface area (Å²) in [6.07, 6.45) is -4.43. The van der Waals surface area contributed by atoms with E-state index in [9.17, 15) is 18.3 Å². The molecule has 0 unspecified atom stereocenters. The third-order valence-corrected chi connectivity index (χ3v) is 4.26. The van der Waals surface area contributed by atoms with Crippen LogP contribution >= 0.6 is 24.8 Å². The van der Waals surface area contributed by atoms with Crippen molar-refractivity contribution in [3.05, 3.63) is 23.8 Å². The van der Waals surface area contributed by atoms with Crippen molar-refractivity contribution in [2.24, 2.45) is 0 Å². The molecule has 1 fully saturated rings. The van der Waals surface area contributed by atoms with Crippen LogP contribution < -0.4 is 10.2 Å². The number of phenolic OH excluding ortho intramolecular Hbond substituents is 1. The van der Waals surface area contributed by atoms with Gasteiger partial charge in [-0.1, -0.05) is 6.07 Å². The fourth-order valence-corrected chi connectivity index (χ4v) is 3.07. The summed E-state index contributed by atoms with van der Waals surface area (Å²) in [6.45, 7) is 7.05. The molecule has 0 aliphatic carbocycles. The normalized spacial score (nSPS) is 16.5. The van der Waals surface area contributed by atoms with Crippen LogP contribution in [-0.4, -0.2) is 55.5 Å². The van der Waals surface area contributed by atoms with Gasteiger partial charge in [-0.2, -0.15) is 13.2 Å². The van der Waals surface area contributed by atoms with Crippen LogP contribution in [0, 0.1) is 0 Å². The Bertz CT molecular complexity index is 522. The molecular weight excluding hydrogens is 378 g/mol. The molecule has 0 bridgehead atoms. The van der Waals surface area contributed by atoms with Gasteiger partial charge >= 0.3 is 6.18 Å². The Morgan fingerprint density at radius 1 is 1.16 bits per heavy atom. The van der Waals surface area contributed by atoms with Gasteiger partial charge in [0.25, 0.3) is 0 Å². The van der Waals surface area contributed by atoms with Gasteiger partial charge in [0.05, 0.1) is 0 Å². The second-order valence-corrected chi connectivity index (χ2v) is 5.65. The average Bonchev–Trinajstić information content (AvgIpc) is 2.51. The van der Waals surface area contributed by atoms with E-state index in [0.717, 1.165) is 18.8 Å². The summed E-state index contributed by atoms with van der Waals surface area (Å²) in [5, 5.41) is 13.3. The first-order chi connectivity index (χ1) is 10.9. The van der Waals surface area contributed by atoms with Crippen LogP contribution in [0.2, 0.25) is 0 Å². The number of benzene rings is 1. The highest BCUT2D eigenvalue weighted by Gasteiger charge is 2.46. The molecule has 1 aliphatic rings. The third kappa shape index (κ3) is 5.81. The number of nitrogens with zero attached hydrogens (tertiary/aromatic N) is 2. The van der Waals surface area contributed by atoms with Crippen LogP contribution in [0.1, 0.15) is 25.5 Å². The van der Waals surface area contributed by atoms with Crippen LogP contribution in [0.15, 0.2) is 18.2 Å². The molecule has 1 aromatic carbocycles. The van der Waals surface area contributed by atoms with Crippen molar-refractivity contribution in [1.82, 2.24) is 10.2 Å². The molecule has 1 heterocycles. The summed E-state index contributed by atoms with van der Waals surface area (Å²) >= 11 is 0. The smallest absolute Gasteiger partial charge is 0.408 e. The van der Waals surface area contributed by atoms with Crippen molar-refractivity contribution in [3.63, 3.8) is 0 Å². The Morgan fingerprint density at radius 2 is 1.72 bits per heavy atom. The number of anilines is 1. The highest BCUT2D eigenvalue weighted by molar-refractivity contribution is 5.85. The van der Waals surface area contributed by atoms with E-state index < -0.39 is 12.2 Å². The summed E-state index contributed by atoms with van der Waals surface area (Å²) in [6, 6.07) is 2.73. The molecule has 1 saturated heterocycles. The van der Waals surface area contributed by atoms with Gasteiger partial charge in [0.1, 0.15) is 11.8 Å². The molecule has 9 heteroatoms. The Kier molecular flexibility index (Phi) is 9.94. The molecule has 0 radical (unpaired) electrons. The standard InChI is InChI=1S/C16H24F3N3O.2ClH/c1-3-21(4-2)12-5-6-13(14(23)11-12)15(16(17,18)19)22-9-7-20-8-10-22;;/h5-6,11,15,20,23H,3-4,7-10H2,1-2H3;2*1H/t15-;;/m0../s1. The fraction of sp³-hybridized carbons (Fsp3) is 0.625. The predicted molar refractivity (Wildman–Crippen MR) is 99.4 cm³/mol. The Hall–Kier alpha value is -0.890. The number of alkyl halides is 3. The van der Waals surface area contributed by atoms with E-state index in [1.807, 2.05) is 18.7 Å². The average molecular weight is 404 g/mol. The van der Waals surface area contributed by atoms with E-state index in [4.69, 9.17) is 0 Å². The molecule has 1 atom stereocenters. The van der Waals surface area contributed by atoms with E-state index in [1.165, 1.54) is 17.0 Å². The lowest BCUT2D eigenvalue weighted by Crippen LogP contribution is -2.49. The number of aromatic hydroxyl groups is 1. The molecule has 0 saturated carbocycles.